The van der Waals surface area contributed by atoms with Gasteiger partial charge < -0.3 is 40.5 Å². The van der Waals surface area contributed by atoms with E-state index in [1.165, 1.54) is 0 Å². The second kappa shape index (κ2) is 4.28. The average Bonchev–Trinajstić information content (AvgIpc) is 2.14. The number of aliphatic hydroxyl groups is 7. The topological polar surface area (TPSA) is 159 Å². The summed E-state index contributed by atoms with van der Waals surface area (Å²) in [7, 11) is 0. The first-order valence-electron chi connectivity index (χ1n) is 3.53. The summed E-state index contributed by atoms with van der Waals surface area (Å²) >= 11 is 0. The first kappa shape index (κ1) is 13.4. The Labute approximate surface area is 78.3 Å². The molecule has 0 radical (unpaired) electrons. The van der Waals surface area contributed by atoms with Crippen molar-refractivity contribution in [3.63, 3.8) is 0 Å². The first-order chi connectivity index (χ1) is 6.21. The molecule has 0 amide bonds. The molecule has 0 aromatic carbocycles. The van der Waals surface area contributed by atoms with Crippen molar-refractivity contribution in [2.24, 2.45) is 0 Å². The van der Waals surface area contributed by atoms with E-state index in [4.69, 9.17) is 35.7 Å². The number of carbonyl (C=O) groups excluding carboxylic acids is 1. The van der Waals surface area contributed by atoms with Gasteiger partial charge in [0.05, 0.1) is 6.61 Å². The van der Waals surface area contributed by atoms with Gasteiger partial charge in [-0.2, -0.15) is 0 Å². The molecule has 0 aliphatic carbocycles. The summed E-state index contributed by atoms with van der Waals surface area (Å²) in [6.45, 7) is -1.21. The van der Waals surface area contributed by atoms with Crippen molar-refractivity contribution in [2.45, 2.75) is 23.8 Å². The van der Waals surface area contributed by atoms with Gasteiger partial charge in [-0.15, -0.1) is 0 Å². The number of aldehydes is 1. The minimum atomic E-state index is -3.68. The maximum atomic E-state index is 9.97. The Hall–Kier alpha value is -0.610. The largest absolute Gasteiger partial charge is 0.393 e. The highest BCUT2D eigenvalue weighted by molar-refractivity contribution is 5.57. The maximum Gasteiger partial charge on any atom is 0.255 e. The van der Waals surface area contributed by atoms with Crippen LogP contribution in [0, 0.1) is 0 Å². The van der Waals surface area contributed by atoms with E-state index in [1.807, 2.05) is 0 Å². The van der Waals surface area contributed by atoms with Crippen LogP contribution >= 0.6 is 0 Å². The normalized spacial score (nSPS) is 17.6. The lowest BCUT2D eigenvalue weighted by Gasteiger charge is -2.38. The number of rotatable bonds is 5. The quantitative estimate of drug-likeness (QED) is 0.177. The van der Waals surface area contributed by atoms with Crippen molar-refractivity contribution in [3.8, 4) is 0 Å². The molecule has 84 valence electrons. The van der Waals surface area contributed by atoms with Crippen LogP contribution in [-0.2, 0) is 4.79 Å². The van der Waals surface area contributed by atoms with Crippen LogP contribution in [-0.4, -0.2) is 72.4 Å². The highest BCUT2D eigenvalue weighted by atomic mass is 16.6. The van der Waals surface area contributed by atoms with Gasteiger partial charge in [0.25, 0.3) is 11.6 Å². The summed E-state index contributed by atoms with van der Waals surface area (Å²) in [6.07, 6.45) is -5.27. The molecule has 0 bridgehead atoms. The van der Waals surface area contributed by atoms with E-state index in [0.717, 1.165) is 0 Å². The lowest BCUT2D eigenvalue weighted by molar-refractivity contribution is -0.402. The Balaban J connectivity index is 4.94. The molecule has 0 aliphatic rings. The van der Waals surface area contributed by atoms with Gasteiger partial charge in [-0.1, -0.05) is 0 Å². The molecule has 0 fully saturated rings. The second-order valence-electron chi connectivity index (χ2n) is 2.73. The molecule has 8 nitrogen and oxygen atoms in total. The number of aliphatic hydroxyl groups excluding tert-OH is 3. The maximum absolute atomic E-state index is 9.97. The van der Waals surface area contributed by atoms with Crippen LogP contribution in [0.3, 0.4) is 0 Å². The first-order valence-corrected chi connectivity index (χ1v) is 3.53. The summed E-state index contributed by atoms with van der Waals surface area (Å²) in [4.78, 5) is 9.97. The van der Waals surface area contributed by atoms with Gasteiger partial charge in [0, 0.05) is 0 Å². The van der Waals surface area contributed by atoms with Gasteiger partial charge in [0.1, 0.15) is 6.10 Å². The SMILES string of the molecule is O=C[C@H](O)C(O)(O)C(O)(O)[C@H](O)CO. The van der Waals surface area contributed by atoms with Crippen LogP contribution in [0.2, 0.25) is 0 Å². The van der Waals surface area contributed by atoms with E-state index < -0.39 is 30.4 Å². The number of hydrogen-bond acceptors (Lipinski definition) is 8. The van der Waals surface area contributed by atoms with Gasteiger partial charge in [0.2, 0.25) is 0 Å². The summed E-state index contributed by atoms with van der Waals surface area (Å²) in [5.74, 6) is -7.32. The molecule has 0 spiro atoms. The van der Waals surface area contributed by atoms with Crippen LogP contribution in [0.25, 0.3) is 0 Å². The van der Waals surface area contributed by atoms with Gasteiger partial charge in [-0.25, -0.2) is 0 Å². The summed E-state index contributed by atoms with van der Waals surface area (Å²) in [6, 6.07) is 0. The lowest BCUT2D eigenvalue weighted by Crippen LogP contribution is -2.67. The standard InChI is InChI=1S/C6H12O8/c7-1-3(9)5(11,12)6(13,14)4(10)2-8/h1,3-4,8-14H,2H2/t3-,4+/m0/s1. The molecule has 14 heavy (non-hydrogen) atoms. The van der Waals surface area contributed by atoms with Crippen molar-refractivity contribution in [2.75, 3.05) is 6.61 Å². The van der Waals surface area contributed by atoms with E-state index >= 15 is 0 Å². The average molecular weight is 212 g/mol. The third-order valence-electron chi connectivity index (χ3n) is 1.72. The van der Waals surface area contributed by atoms with Gasteiger partial charge in [-0.3, -0.25) is 0 Å². The molecule has 0 aromatic heterocycles. The Morgan fingerprint density at radius 2 is 1.50 bits per heavy atom. The van der Waals surface area contributed by atoms with Crippen molar-refractivity contribution in [1.82, 2.24) is 0 Å². The Morgan fingerprint density at radius 3 is 1.79 bits per heavy atom. The molecular weight excluding hydrogens is 200 g/mol. The molecule has 8 heteroatoms. The minimum Gasteiger partial charge on any atom is -0.393 e. The highest BCUT2D eigenvalue weighted by Gasteiger charge is 2.57. The Bertz CT molecular complexity index is 200. The van der Waals surface area contributed by atoms with Gasteiger partial charge in [0.15, 0.2) is 12.4 Å². The molecule has 0 aliphatic heterocycles. The van der Waals surface area contributed by atoms with E-state index in [-0.39, 0.29) is 6.29 Å². The van der Waals surface area contributed by atoms with Crippen LogP contribution in [0.4, 0.5) is 0 Å². The predicted molar refractivity (Wildman–Crippen MR) is 39.5 cm³/mol. The van der Waals surface area contributed by atoms with E-state index in [2.05, 4.69) is 0 Å². The number of carbonyl (C=O) groups is 1. The van der Waals surface area contributed by atoms with Crippen LogP contribution in [0.5, 0.6) is 0 Å². The third-order valence-corrected chi connectivity index (χ3v) is 1.72. The molecule has 0 saturated heterocycles. The number of hydrogen-bond donors (Lipinski definition) is 7. The lowest BCUT2D eigenvalue weighted by atomic mass is 9.95. The second-order valence-corrected chi connectivity index (χ2v) is 2.73. The fourth-order valence-corrected chi connectivity index (χ4v) is 0.685. The van der Waals surface area contributed by atoms with Crippen LogP contribution in [0.1, 0.15) is 0 Å². The summed E-state index contributed by atoms with van der Waals surface area (Å²) in [5, 5.41) is 61.5. The zero-order valence-electron chi connectivity index (χ0n) is 6.98. The smallest absolute Gasteiger partial charge is 0.255 e. The monoisotopic (exact) mass is 212 g/mol. The molecular formula is C6H12O8. The molecule has 0 aromatic rings. The third kappa shape index (κ3) is 2.07. The minimum absolute atomic E-state index is 0.370. The van der Waals surface area contributed by atoms with Crippen molar-refractivity contribution < 1.29 is 40.5 Å². The van der Waals surface area contributed by atoms with Crippen molar-refractivity contribution in [1.29, 1.82) is 0 Å². The van der Waals surface area contributed by atoms with Crippen molar-refractivity contribution in [3.05, 3.63) is 0 Å². The van der Waals surface area contributed by atoms with Gasteiger partial charge in [-0.05, 0) is 0 Å². The summed E-state index contributed by atoms with van der Waals surface area (Å²) < 4.78 is 0. The molecule has 7 N–H and O–H groups in total. The molecule has 0 unspecified atom stereocenters. The molecule has 0 saturated carbocycles. The van der Waals surface area contributed by atoms with E-state index in [0.29, 0.717) is 0 Å². The van der Waals surface area contributed by atoms with Crippen molar-refractivity contribution >= 4 is 6.29 Å². The fourth-order valence-electron chi connectivity index (χ4n) is 0.685. The fraction of sp³-hybridized carbons (Fsp3) is 0.833. The molecule has 0 rings (SSSR count). The zero-order chi connectivity index (χ0) is 11.6. The predicted octanol–water partition coefficient (Wildman–Crippen LogP) is -4.74. The Kier molecular flexibility index (Phi) is 4.09. The van der Waals surface area contributed by atoms with Gasteiger partial charge >= 0.3 is 0 Å². The highest BCUT2D eigenvalue weighted by Crippen LogP contribution is 2.23. The van der Waals surface area contributed by atoms with E-state index in [1.54, 1.807) is 0 Å². The molecule has 0 heterocycles. The van der Waals surface area contributed by atoms with Crippen LogP contribution < -0.4 is 0 Å². The van der Waals surface area contributed by atoms with Crippen LogP contribution in [0.15, 0.2) is 0 Å². The molecule has 2 atom stereocenters. The van der Waals surface area contributed by atoms with E-state index in [9.17, 15) is 4.79 Å². The Morgan fingerprint density at radius 1 is 1.07 bits per heavy atom. The zero-order valence-corrected chi connectivity index (χ0v) is 6.98. The summed E-state index contributed by atoms with van der Waals surface area (Å²) in [5.41, 5.74) is 0.